The van der Waals surface area contributed by atoms with Gasteiger partial charge in [0, 0.05) is 21.9 Å². The molecule has 4 nitrogen and oxygen atoms in total. The molecule has 0 bridgehead atoms. The van der Waals surface area contributed by atoms with E-state index in [9.17, 15) is 0 Å². The lowest BCUT2D eigenvalue weighted by molar-refractivity contribution is 0.745. The van der Waals surface area contributed by atoms with Gasteiger partial charge in [-0.2, -0.15) is 9.97 Å². The molecule has 0 unspecified atom stereocenters. The first kappa shape index (κ1) is 29.5. The van der Waals surface area contributed by atoms with Gasteiger partial charge in [0.2, 0.25) is 5.95 Å². The standard InChI is InChI=1S/C46H32N4/c1-5-19-33(20-6-1)43-47-44(49-45(48-43)50-41-31-17-14-27-37(41)38-28-15-18-32-42(38)50)39-29-13-16-30-40(39)46(34-21-7-2-8-22-34,35-23-9-3-10-24-35)36-25-11-4-12-26-36/h1-32H. The van der Waals surface area contributed by atoms with E-state index in [-0.39, 0.29) is 0 Å². The van der Waals surface area contributed by atoms with Crippen molar-refractivity contribution in [3.8, 4) is 28.7 Å². The Bertz CT molecular complexity index is 2430. The zero-order chi connectivity index (χ0) is 33.3. The summed E-state index contributed by atoms with van der Waals surface area (Å²) in [5, 5.41) is 2.31. The van der Waals surface area contributed by atoms with E-state index in [2.05, 4.69) is 180 Å². The second kappa shape index (κ2) is 12.4. The molecule has 7 aromatic carbocycles. The minimum Gasteiger partial charge on any atom is -0.278 e. The molecule has 0 aliphatic heterocycles. The number of para-hydroxylation sites is 2. The van der Waals surface area contributed by atoms with Crippen molar-refractivity contribution in [2.24, 2.45) is 0 Å². The van der Waals surface area contributed by atoms with E-state index < -0.39 is 5.41 Å². The molecule has 0 amide bonds. The van der Waals surface area contributed by atoms with Gasteiger partial charge in [-0.25, -0.2) is 4.98 Å². The lowest BCUT2D eigenvalue weighted by Crippen LogP contribution is -2.31. The van der Waals surface area contributed by atoms with Crippen LogP contribution in [-0.2, 0) is 5.41 Å². The van der Waals surface area contributed by atoms with Crippen molar-refractivity contribution in [3.05, 3.63) is 216 Å². The zero-order valence-corrected chi connectivity index (χ0v) is 27.3. The molecule has 9 aromatic rings. The first-order valence-electron chi connectivity index (χ1n) is 16.9. The van der Waals surface area contributed by atoms with Crippen LogP contribution in [0.5, 0.6) is 0 Å². The Morgan fingerprint density at radius 1 is 0.360 bits per heavy atom. The molecule has 4 heteroatoms. The fourth-order valence-corrected chi connectivity index (χ4v) is 7.48. The normalized spacial score (nSPS) is 11.6. The average molecular weight is 641 g/mol. The molecular formula is C46H32N4. The van der Waals surface area contributed by atoms with Crippen molar-refractivity contribution in [2.75, 3.05) is 0 Å². The van der Waals surface area contributed by atoms with Crippen molar-refractivity contribution in [2.45, 2.75) is 5.41 Å². The second-order valence-electron chi connectivity index (χ2n) is 12.4. The van der Waals surface area contributed by atoms with Crippen LogP contribution >= 0.6 is 0 Å². The van der Waals surface area contributed by atoms with E-state index in [1.807, 2.05) is 18.2 Å². The van der Waals surface area contributed by atoms with E-state index in [1.165, 1.54) is 0 Å². The molecule has 0 atom stereocenters. The Hall–Kier alpha value is -6.65. The van der Waals surface area contributed by atoms with E-state index in [1.54, 1.807) is 0 Å². The summed E-state index contributed by atoms with van der Waals surface area (Å²) in [6.07, 6.45) is 0. The van der Waals surface area contributed by atoms with Crippen molar-refractivity contribution in [3.63, 3.8) is 0 Å². The predicted octanol–water partition coefficient (Wildman–Crippen LogP) is 10.7. The monoisotopic (exact) mass is 640 g/mol. The molecule has 2 heterocycles. The van der Waals surface area contributed by atoms with Gasteiger partial charge in [0.1, 0.15) is 0 Å². The summed E-state index contributed by atoms with van der Waals surface area (Å²) < 4.78 is 2.17. The van der Waals surface area contributed by atoms with Crippen LogP contribution in [0.15, 0.2) is 194 Å². The Kier molecular flexibility index (Phi) is 7.33. The predicted molar refractivity (Wildman–Crippen MR) is 203 cm³/mol. The molecule has 9 rings (SSSR count). The fraction of sp³-hybridized carbons (Fsp3) is 0.0217. The smallest absolute Gasteiger partial charge is 0.238 e. The van der Waals surface area contributed by atoms with Crippen molar-refractivity contribution >= 4 is 21.8 Å². The first-order valence-corrected chi connectivity index (χ1v) is 16.9. The lowest BCUT2D eigenvalue weighted by Gasteiger charge is -2.38. The van der Waals surface area contributed by atoms with Crippen LogP contribution in [0, 0.1) is 0 Å². The zero-order valence-electron chi connectivity index (χ0n) is 27.3. The molecular weight excluding hydrogens is 609 g/mol. The van der Waals surface area contributed by atoms with Crippen LogP contribution in [0.3, 0.4) is 0 Å². The van der Waals surface area contributed by atoms with Crippen LogP contribution in [0.1, 0.15) is 22.3 Å². The Labute approximate surface area is 291 Å². The molecule has 0 fully saturated rings. The first-order chi connectivity index (χ1) is 24.8. The van der Waals surface area contributed by atoms with Gasteiger partial charge in [0.05, 0.1) is 16.4 Å². The van der Waals surface area contributed by atoms with Gasteiger partial charge in [0.25, 0.3) is 0 Å². The molecule has 0 aliphatic rings. The fourth-order valence-electron chi connectivity index (χ4n) is 7.48. The van der Waals surface area contributed by atoms with Gasteiger partial charge in [-0.05, 0) is 34.4 Å². The van der Waals surface area contributed by atoms with E-state index in [4.69, 9.17) is 15.0 Å². The topological polar surface area (TPSA) is 43.6 Å². The summed E-state index contributed by atoms with van der Waals surface area (Å²) in [5.74, 6) is 1.80. The van der Waals surface area contributed by atoms with Crippen molar-refractivity contribution < 1.29 is 0 Å². The van der Waals surface area contributed by atoms with Gasteiger partial charge in [0.15, 0.2) is 11.6 Å². The van der Waals surface area contributed by atoms with Gasteiger partial charge in [-0.3, -0.25) is 4.57 Å². The number of nitrogens with zero attached hydrogens (tertiary/aromatic N) is 4. The average Bonchev–Trinajstić information content (AvgIpc) is 3.54. The van der Waals surface area contributed by atoms with Gasteiger partial charge < -0.3 is 0 Å². The largest absolute Gasteiger partial charge is 0.278 e. The molecule has 236 valence electrons. The van der Waals surface area contributed by atoms with E-state index in [0.29, 0.717) is 17.6 Å². The number of aromatic nitrogens is 4. The molecule has 0 spiro atoms. The summed E-state index contributed by atoms with van der Waals surface area (Å²) in [4.78, 5) is 15.8. The third kappa shape index (κ3) is 4.81. The summed E-state index contributed by atoms with van der Waals surface area (Å²) in [6.45, 7) is 0. The number of fused-ring (bicyclic) bond motifs is 3. The quantitative estimate of drug-likeness (QED) is 0.163. The molecule has 0 N–H and O–H groups in total. The van der Waals surface area contributed by atoms with Gasteiger partial charge in [-0.1, -0.05) is 182 Å². The molecule has 0 saturated carbocycles. The highest BCUT2D eigenvalue weighted by Crippen LogP contribution is 2.48. The summed E-state index contributed by atoms with van der Waals surface area (Å²) in [6, 6.07) is 68.0. The van der Waals surface area contributed by atoms with Gasteiger partial charge in [-0.15, -0.1) is 0 Å². The van der Waals surface area contributed by atoms with Crippen LogP contribution in [0.25, 0.3) is 50.5 Å². The number of hydrogen-bond donors (Lipinski definition) is 0. The van der Waals surface area contributed by atoms with Crippen LogP contribution < -0.4 is 0 Å². The summed E-state index contributed by atoms with van der Waals surface area (Å²) >= 11 is 0. The third-order valence-electron chi connectivity index (χ3n) is 9.63. The van der Waals surface area contributed by atoms with E-state index in [0.717, 1.165) is 55.2 Å². The SMILES string of the molecule is c1ccc(-c2nc(-c3ccccc3C(c3ccccc3)(c3ccccc3)c3ccccc3)nc(-n3c4ccccc4c4ccccc43)n2)cc1. The number of benzene rings is 7. The minimum absolute atomic E-state index is 0.575. The maximum atomic E-state index is 5.37. The number of rotatable bonds is 7. The van der Waals surface area contributed by atoms with Crippen LogP contribution in [-0.4, -0.2) is 19.5 Å². The maximum Gasteiger partial charge on any atom is 0.238 e. The Balaban J connectivity index is 1.39. The molecule has 50 heavy (non-hydrogen) atoms. The minimum atomic E-state index is -0.674. The van der Waals surface area contributed by atoms with E-state index >= 15 is 0 Å². The molecule has 0 aliphatic carbocycles. The van der Waals surface area contributed by atoms with Crippen LogP contribution in [0.2, 0.25) is 0 Å². The molecule has 0 saturated heterocycles. The Morgan fingerprint density at radius 3 is 1.32 bits per heavy atom. The Morgan fingerprint density at radius 2 is 0.780 bits per heavy atom. The van der Waals surface area contributed by atoms with Gasteiger partial charge >= 0.3 is 0 Å². The van der Waals surface area contributed by atoms with Crippen molar-refractivity contribution in [1.29, 1.82) is 0 Å². The molecule has 2 aromatic heterocycles. The summed E-state index contributed by atoms with van der Waals surface area (Å²) in [5.41, 5.74) is 7.84. The highest BCUT2D eigenvalue weighted by molar-refractivity contribution is 6.09. The molecule has 0 radical (unpaired) electrons. The third-order valence-corrected chi connectivity index (χ3v) is 9.63. The number of hydrogen-bond acceptors (Lipinski definition) is 3. The maximum absolute atomic E-state index is 5.37. The summed E-state index contributed by atoms with van der Waals surface area (Å²) in [7, 11) is 0. The highest BCUT2D eigenvalue weighted by Gasteiger charge is 2.40. The van der Waals surface area contributed by atoms with Crippen LogP contribution in [0.4, 0.5) is 0 Å². The lowest BCUT2D eigenvalue weighted by atomic mass is 9.64. The second-order valence-corrected chi connectivity index (χ2v) is 12.4. The van der Waals surface area contributed by atoms with Crippen molar-refractivity contribution in [1.82, 2.24) is 19.5 Å². The highest BCUT2D eigenvalue weighted by atomic mass is 15.2.